The summed E-state index contributed by atoms with van der Waals surface area (Å²) in [7, 11) is 0. The number of amides is 1. The fraction of sp³-hybridized carbons (Fsp3) is 0.462. The fourth-order valence-electron chi connectivity index (χ4n) is 1.81. The van der Waals surface area contributed by atoms with Crippen molar-refractivity contribution in [3.8, 4) is 6.01 Å². The lowest BCUT2D eigenvalue weighted by atomic mass is 10.1. The molecule has 108 valence electrons. The molecule has 7 heteroatoms. The lowest BCUT2D eigenvalue weighted by molar-refractivity contribution is 0.102. The number of carbonyl (C=O) groups excluding carboxylic acids is 1. The number of nitrogens with one attached hydrogen (secondary N) is 2. The van der Waals surface area contributed by atoms with Crippen LogP contribution in [-0.4, -0.2) is 27.7 Å². The highest BCUT2D eigenvalue weighted by Gasteiger charge is 2.14. The molecule has 2 heterocycles. The number of thiophene rings is 1. The molecule has 0 spiro atoms. The topological polar surface area (TPSA) is 79.9 Å². The monoisotopic (exact) mass is 294 g/mol. The van der Waals surface area contributed by atoms with Crippen LogP contribution < -0.4 is 10.1 Å². The van der Waals surface area contributed by atoms with E-state index in [9.17, 15) is 4.79 Å². The zero-order chi connectivity index (χ0) is 14.5. The van der Waals surface area contributed by atoms with Gasteiger partial charge in [0.1, 0.15) is 0 Å². The number of anilines is 1. The molecule has 0 aromatic carbocycles. The average molecular weight is 294 g/mol. The van der Waals surface area contributed by atoms with E-state index in [0.717, 1.165) is 12.8 Å². The molecule has 0 radical (unpaired) electrons. The summed E-state index contributed by atoms with van der Waals surface area (Å²) >= 11 is 1.49. The molecule has 0 unspecified atom stereocenters. The molecule has 6 nitrogen and oxygen atoms in total. The van der Waals surface area contributed by atoms with Gasteiger partial charge in [0.05, 0.1) is 11.5 Å². The molecule has 0 aliphatic carbocycles. The Hall–Kier alpha value is -1.89. The predicted octanol–water partition coefficient (Wildman–Crippen LogP) is 2.78. The Labute approximate surface area is 121 Å². The third-order valence-electron chi connectivity index (χ3n) is 2.73. The molecule has 0 saturated heterocycles. The van der Waals surface area contributed by atoms with Crippen LogP contribution in [-0.2, 0) is 6.42 Å². The first-order valence-electron chi connectivity index (χ1n) is 6.59. The van der Waals surface area contributed by atoms with Gasteiger partial charge in [-0.2, -0.15) is 4.98 Å². The van der Waals surface area contributed by atoms with E-state index in [2.05, 4.69) is 27.4 Å². The smallest absolute Gasteiger partial charge is 0.337 e. The number of hydrogen-bond donors (Lipinski definition) is 2. The van der Waals surface area contributed by atoms with Crippen LogP contribution in [0, 0.1) is 6.92 Å². The third-order valence-corrected chi connectivity index (χ3v) is 3.83. The van der Waals surface area contributed by atoms with Crippen LogP contribution in [0.25, 0.3) is 0 Å². The summed E-state index contributed by atoms with van der Waals surface area (Å²) in [4.78, 5) is 18.0. The summed E-state index contributed by atoms with van der Waals surface area (Å²) in [6.07, 6.45) is 2.06. The molecule has 20 heavy (non-hydrogen) atoms. The highest BCUT2D eigenvalue weighted by Crippen LogP contribution is 2.23. The van der Waals surface area contributed by atoms with Gasteiger partial charge in [0.2, 0.25) is 5.95 Å². The van der Waals surface area contributed by atoms with Crippen LogP contribution in [0.1, 0.15) is 40.4 Å². The van der Waals surface area contributed by atoms with Gasteiger partial charge < -0.3 is 4.74 Å². The van der Waals surface area contributed by atoms with E-state index >= 15 is 0 Å². The van der Waals surface area contributed by atoms with Crippen molar-refractivity contribution >= 4 is 23.2 Å². The summed E-state index contributed by atoms with van der Waals surface area (Å²) < 4.78 is 5.13. The summed E-state index contributed by atoms with van der Waals surface area (Å²) in [6.45, 7) is 6.49. The molecule has 2 aromatic heterocycles. The van der Waals surface area contributed by atoms with Gasteiger partial charge >= 0.3 is 6.01 Å². The number of ether oxygens (including phenoxy) is 1. The first-order chi connectivity index (χ1) is 9.63. The van der Waals surface area contributed by atoms with Crippen LogP contribution in [0.2, 0.25) is 0 Å². The number of nitrogens with zero attached hydrogens (tertiary/aromatic N) is 2. The molecule has 0 bridgehead atoms. The number of carbonyl (C=O) groups is 1. The molecular formula is C13H18N4O2S. The minimum absolute atomic E-state index is 0.181. The Morgan fingerprint density at radius 2 is 2.30 bits per heavy atom. The van der Waals surface area contributed by atoms with Crippen LogP contribution in [0.15, 0.2) is 6.07 Å². The minimum Gasteiger partial charge on any atom is -0.463 e. The predicted molar refractivity (Wildman–Crippen MR) is 78.6 cm³/mol. The molecule has 2 rings (SSSR count). The second kappa shape index (κ2) is 6.51. The highest BCUT2D eigenvalue weighted by atomic mass is 32.1. The van der Waals surface area contributed by atoms with Crippen molar-refractivity contribution in [2.45, 2.75) is 33.6 Å². The number of aromatic nitrogens is 3. The van der Waals surface area contributed by atoms with Crippen molar-refractivity contribution in [1.82, 2.24) is 15.2 Å². The van der Waals surface area contributed by atoms with Crippen LogP contribution in [0.4, 0.5) is 5.95 Å². The number of aromatic amines is 1. The van der Waals surface area contributed by atoms with Crippen LogP contribution in [0.5, 0.6) is 6.01 Å². The molecule has 0 saturated carbocycles. The summed E-state index contributed by atoms with van der Waals surface area (Å²) in [5.74, 6) is 0.112. The van der Waals surface area contributed by atoms with E-state index in [-0.39, 0.29) is 11.9 Å². The van der Waals surface area contributed by atoms with E-state index in [4.69, 9.17) is 4.74 Å². The van der Waals surface area contributed by atoms with Crippen molar-refractivity contribution in [3.63, 3.8) is 0 Å². The molecule has 2 N–H and O–H groups in total. The van der Waals surface area contributed by atoms with Gasteiger partial charge in [0, 0.05) is 4.88 Å². The van der Waals surface area contributed by atoms with Crippen LogP contribution in [0.3, 0.4) is 0 Å². The van der Waals surface area contributed by atoms with E-state index in [1.165, 1.54) is 21.8 Å². The lowest BCUT2D eigenvalue weighted by Crippen LogP contribution is -2.11. The van der Waals surface area contributed by atoms with Gasteiger partial charge in [-0.25, -0.2) is 5.10 Å². The van der Waals surface area contributed by atoms with Crippen molar-refractivity contribution in [1.29, 1.82) is 0 Å². The Morgan fingerprint density at radius 3 is 3.00 bits per heavy atom. The quantitative estimate of drug-likeness (QED) is 0.858. The SMILES string of the molecule is CCCc1cc(C(=O)Nc2nc(OCC)n[nH]2)sc1C. The zero-order valence-corrected chi connectivity index (χ0v) is 12.6. The Morgan fingerprint density at radius 1 is 1.50 bits per heavy atom. The first-order valence-corrected chi connectivity index (χ1v) is 7.41. The number of rotatable bonds is 6. The maximum Gasteiger partial charge on any atom is 0.337 e. The second-order valence-corrected chi connectivity index (χ2v) is 5.55. The molecule has 0 aliphatic rings. The zero-order valence-electron chi connectivity index (χ0n) is 11.8. The maximum atomic E-state index is 12.1. The van der Waals surface area contributed by atoms with Crippen molar-refractivity contribution in [3.05, 3.63) is 21.4 Å². The molecule has 2 aromatic rings. The standard InChI is InChI=1S/C13H18N4O2S/c1-4-6-9-7-10(20-8(9)3)11(18)14-12-15-13(17-16-12)19-5-2/h7H,4-6H2,1-3H3,(H2,14,15,16,17,18). The number of H-pyrrole nitrogens is 1. The van der Waals surface area contributed by atoms with Gasteiger partial charge in [-0.05, 0) is 31.9 Å². The molecule has 0 fully saturated rings. The Bertz CT molecular complexity index is 591. The maximum absolute atomic E-state index is 12.1. The minimum atomic E-state index is -0.181. The van der Waals surface area contributed by atoms with Gasteiger partial charge in [0.25, 0.3) is 5.91 Å². The van der Waals surface area contributed by atoms with Gasteiger partial charge in [-0.3, -0.25) is 10.1 Å². The molecule has 0 atom stereocenters. The lowest BCUT2D eigenvalue weighted by Gasteiger charge is -1.97. The summed E-state index contributed by atoms with van der Waals surface area (Å²) in [5, 5.41) is 9.14. The van der Waals surface area contributed by atoms with E-state index in [0.29, 0.717) is 17.4 Å². The van der Waals surface area contributed by atoms with Gasteiger partial charge in [-0.1, -0.05) is 13.3 Å². The second-order valence-electron chi connectivity index (χ2n) is 4.30. The third kappa shape index (κ3) is 3.36. The van der Waals surface area contributed by atoms with Crippen molar-refractivity contribution in [2.24, 2.45) is 0 Å². The fourth-order valence-corrected chi connectivity index (χ4v) is 2.78. The number of aryl methyl sites for hydroxylation is 2. The Balaban J connectivity index is 2.05. The van der Waals surface area contributed by atoms with E-state index < -0.39 is 0 Å². The van der Waals surface area contributed by atoms with Gasteiger partial charge in [0.15, 0.2) is 0 Å². The summed E-state index contributed by atoms with van der Waals surface area (Å²) in [5.41, 5.74) is 1.23. The van der Waals surface area contributed by atoms with E-state index in [1.807, 2.05) is 19.9 Å². The van der Waals surface area contributed by atoms with Crippen LogP contribution >= 0.6 is 11.3 Å². The largest absolute Gasteiger partial charge is 0.463 e. The normalized spacial score (nSPS) is 10.6. The average Bonchev–Trinajstić information content (AvgIpc) is 2.99. The summed E-state index contributed by atoms with van der Waals surface area (Å²) in [6, 6.07) is 2.18. The molecule has 1 amide bonds. The van der Waals surface area contributed by atoms with E-state index in [1.54, 1.807) is 0 Å². The molecule has 0 aliphatic heterocycles. The molecular weight excluding hydrogens is 276 g/mol. The van der Waals surface area contributed by atoms with Crippen molar-refractivity contribution < 1.29 is 9.53 Å². The van der Waals surface area contributed by atoms with Gasteiger partial charge in [-0.15, -0.1) is 16.4 Å². The van der Waals surface area contributed by atoms with Crippen molar-refractivity contribution in [2.75, 3.05) is 11.9 Å². The highest BCUT2D eigenvalue weighted by molar-refractivity contribution is 7.14. The Kier molecular flexibility index (Phi) is 4.73. The first kappa shape index (κ1) is 14.5. The number of hydrogen-bond acceptors (Lipinski definition) is 5.